The zero-order chi connectivity index (χ0) is 18.2. The first-order chi connectivity index (χ1) is 12.7. The Morgan fingerprint density at radius 1 is 0.769 bits per heavy atom. The Morgan fingerprint density at radius 3 is 1.96 bits per heavy atom. The van der Waals surface area contributed by atoms with Gasteiger partial charge in [0.1, 0.15) is 12.4 Å². The van der Waals surface area contributed by atoms with Gasteiger partial charge in [0, 0.05) is 13.6 Å². The Bertz CT molecular complexity index is 814. The lowest BCUT2D eigenvalue weighted by molar-refractivity contribution is -0.129. The maximum Gasteiger partial charge on any atom is 0.227 e. The molecule has 0 radical (unpaired) electrons. The van der Waals surface area contributed by atoms with Crippen LogP contribution in [-0.2, 0) is 24.4 Å². The van der Waals surface area contributed by atoms with Crippen LogP contribution in [0.2, 0.25) is 0 Å². The van der Waals surface area contributed by atoms with E-state index in [4.69, 9.17) is 4.74 Å². The molecule has 26 heavy (non-hydrogen) atoms. The van der Waals surface area contributed by atoms with Gasteiger partial charge in [-0.2, -0.15) is 0 Å². The van der Waals surface area contributed by atoms with Gasteiger partial charge in [0.15, 0.2) is 0 Å². The fourth-order valence-electron chi connectivity index (χ4n) is 2.70. The molecule has 3 aromatic rings. The molecule has 0 aromatic heterocycles. The van der Waals surface area contributed by atoms with E-state index in [2.05, 4.69) is 0 Å². The molecule has 0 heterocycles. The summed E-state index contributed by atoms with van der Waals surface area (Å²) in [4.78, 5) is 14.2. The Balaban J connectivity index is 1.51. The fraction of sp³-hybridized carbons (Fsp3) is 0.174. The van der Waals surface area contributed by atoms with Crippen molar-refractivity contribution < 1.29 is 9.53 Å². The third-order valence-electron chi connectivity index (χ3n) is 4.22. The Hall–Kier alpha value is -3.07. The second-order valence-electron chi connectivity index (χ2n) is 6.33. The van der Waals surface area contributed by atoms with Crippen molar-refractivity contribution in [2.24, 2.45) is 0 Å². The predicted molar refractivity (Wildman–Crippen MR) is 104 cm³/mol. The van der Waals surface area contributed by atoms with E-state index >= 15 is 0 Å². The van der Waals surface area contributed by atoms with Gasteiger partial charge in [0.25, 0.3) is 0 Å². The number of nitrogens with zero attached hydrogens (tertiary/aromatic N) is 1. The lowest BCUT2D eigenvalue weighted by atomic mass is 10.1. The van der Waals surface area contributed by atoms with E-state index in [0.29, 0.717) is 19.6 Å². The van der Waals surface area contributed by atoms with E-state index in [1.54, 1.807) is 4.90 Å². The molecule has 0 atom stereocenters. The number of rotatable bonds is 7. The molecular formula is C23H23NO2. The molecule has 0 saturated carbocycles. The minimum absolute atomic E-state index is 0.104. The molecule has 3 aromatic carbocycles. The van der Waals surface area contributed by atoms with E-state index < -0.39 is 0 Å². The van der Waals surface area contributed by atoms with Crippen molar-refractivity contribution >= 4 is 5.91 Å². The summed E-state index contributed by atoms with van der Waals surface area (Å²) in [6.45, 7) is 1.16. The number of carbonyl (C=O) groups is 1. The SMILES string of the molecule is CN(Cc1ccccc1)C(=O)Cc1ccc(OCc2ccccc2)cc1. The summed E-state index contributed by atoms with van der Waals surface area (Å²) in [6, 6.07) is 27.8. The third kappa shape index (κ3) is 5.21. The van der Waals surface area contributed by atoms with Crippen molar-refractivity contribution in [2.75, 3.05) is 7.05 Å². The van der Waals surface area contributed by atoms with Crippen molar-refractivity contribution in [3.63, 3.8) is 0 Å². The summed E-state index contributed by atoms with van der Waals surface area (Å²) in [5.74, 6) is 0.912. The van der Waals surface area contributed by atoms with Crippen LogP contribution in [0.1, 0.15) is 16.7 Å². The molecule has 0 fully saturated rings. The molecular weight excluding hydrogens is 322 g/mol. The number of hydrogen-bond acceptors (Lipinski definition) is 2. The van der Waals surface area contributed by atoms with Gasteiger partial charge >= 0.3 is 0 Å². The first kappa shape index (κ1) is 17.7. The fourth-order valence-corrected chi connectivity index (χ4v) is 2.70. The summed E-state index contributed by atoms with van der Waals surface area (Å²) >= 11 is 0. The zero-order valence-corrected chi connectivity index (χ0v) is 15.0. The molecule has 0 N–H and O–H groups in total. The normalized spacial score (nSPS) is 10.3. The number of ether oxygens (including phenoxy) is 1. The second kappa shape index (κ2) is 8.86. The molecule has 0 aliphatic rings. The zero-order valence-electron chi connectivity index (χ0n) is 15.0. The largest absolute Gasteiger partial charge is 0.489 e. The Kier molecular flexibility index (Phi) is 6.05. The van der Waals surface area contributed by atoms with Crippen LogP contribution in [-0.4, -0.2) is 17.9 Å². The summed E-state index contributed by atoms with van der Waals surface area (Å²) in [5.41, 5.74) is 3.25. The molecule has 3 heteroatoms. The number of amides is 1. The molecule has 1 amide bonds. The van der Waals surface area contributed by atoms with Crippen LogP contribution in [0.5, 0.6) is 5.75 Å². The highest BCUT2D eigenvalue weighted by atomic mass is 16.5. The van der Waals surface area contributed by atoms with Crippen LogP contribution < -0.4 is 4.74 Å². The van der Waals surface area contributed by atoms with Gasteiger partial charge in [0.05, 0.1) is 6.42 Å². The first-order valence-corrected chi connectivity index (χ1v) is 8.74. The third-order valence-corrected chi connectivity index (χ3v) is 4.22. The maximum atomic E-state index is 12.4. The van der Waals surface area contributed by atoms with Gasteiger partial charge < -0.3 is 9.64 Å². The van der Waals surface area contributed by atoms with Gasteiger partial charge in [-0.05, 0) is 28.8 Å². The minimum Gasteiger partial charge on any atom is -0.489 e. The molecule has 0 bridgehead atoms. The molecule has 3 rings (SSSR count). The molecule has 3 nitrogen and oxygen atoms in total. The van der Waals surface area contributed by atoms with Crippen LogP contribution in [0.3, 0.4) is 0 Å². The monoisotopic (exact) mass is 345 g/mol. The molecule has 0 saturated heterocycles. The maximum absolute atomic E-state index is 12.4. The van der Waals surface area contributed by atoms with Crippen molar-refractivity contribution in [1.29, 1.82) is 0 Å². The number of carbonyl (C=O) groups excluding carboxylic acids is 1. The minimum atomic E-state index is 0.104. The Morgan fingerprint density at radius 2 is 1.35 bits per heavy atom. The van der Waals surface area contributed by atoms with Gasteiger partial charge in [-0.25, -0.2) is 0 Å². The first-order valence-electron chi connectivity index (χ1n) is 8.74. The van der Waals surface area contributed by atoms with Gasteiger partial charge in [-0.15, -0.1) is 0 Å². The number of benzene rings is 3. The molecule has 0 aliphatic carbocycles. The van der Waals surface area contributed by atoms with Crippen LogP contribution in [0.15, 0.2) is 84.9 Å². The number of hydrogen-bond donors (Lipinski definition) is 0. The van der Waals surface area contributed by atoms with Gasteiger partial charge in [-0.3, -0.25) is 4.79 Å². The van der Waals surface area contributed by atoms with Crippen molar-refractivity contribution in [3.8, 4) is 5.75 Å². The highest BCUT2D eigenvalue weighted by molar-refractivity contribution is 5.78. The highest BCUT2D eigenvalue weighted by Gasteiger charge is 2.10. The second-order valence-corrected chi connectivity index (χ2v) is 6.33. The molecule has 0 aliphatic heterocycles. The van der Waals surface area contributed by atoms with Crippen molar-refractivity contribution in [2.45, 2.75) is 19.6 Å². The van der Waals surface area contributed by atoms with E-state index in [0.717, 1.165) is 22.4 Å². The lowest BCUT2D eigenvalue weighted by Gasteiger charge is -2.17. The van der Waals surface area contributed by atoms with Gasteiger partial charge in [0.2, 0.25) is 5.91 Å². The average Bonchev–Trinajstić information content (AvgIpc) is 2.69. The van der Waals surface area contributed by atoms with E-state index in [9.17, 15) is 4.79 Å². The molecule has 0 unspecified atom stereocenters. The van der Waals surface area contributed by atoms with Gasteiger partial charge in [-0.1, -0.05) is 72.8 Å². The quantitative estimate of drug-likeness (QED) is 0.632. The number of likely N-dealkylation sites (N-methyl/N-ethyl adjacent to an activating group) is 1. The van der Waals surface area contributed by atoms with Crippen molar-refractivity contribution in [3.05, 3.63) is 102 Å². The standard InChI is InChI=1S/C23H23NO2/c1-24(17-20-8-4-2-5-9-20)23(25)16-19-12-14-22(15-13-19)26-18-21-10-6-3-7-11-21/h2-15H,16-18H2,1H3. The van der Waals surface area contributed by atoms with E-state index in [-0.39, 0.29) is 5.91 Å². The van der Waals surface area contributed by atoms with E-state index in [1.165, 1.54) is 0 Å². The van der Waals surface area contributed by atoms with E-state index in [1.807, 2.05) is 92.0 Å². The van der Waals surface area contributed by atoms with Crippen LogP contribution in [0, 0.1) is 0 Å². The summed E-state index contributed by atoms with van der Waals surface area (Å²) in [5, 5.41) is 0. The highest BCUT2D eigenvalue weighted by Crippen LogP contribution is 2.15. The summed E-state index contributed by atoms with van der Waals surface area (Å²) in [6.07, 6.45) is 0.391. The molecule has 0 spiro atoms. The topological polar surface area (TPSA) is 29.5 Å². The molecule has 132 valence electrons. The smallest absolute Gasteiger partial charge is 0.227 e. The van der Waals surface area contributed by atoms with Crippen LogP contribution in [0.25, 0.3) is 0 Å². The Labute approximate surface area is 154 Å². The summed E-state index contributed by atoms with van der Waals surface area (Å²) in [7, 11) is 1.84. The van der Waals surface area contributed by atoms with Crippen LogP contribution in [0.4, 0.5) is 0 Å². The lowest BCUT2D eigenvalue weighted by Crippen LogP contribution is -2.27. The van der Waals surface area contributed by atoms with Crippen LogP contribution >= 0.6 is 0 Å². The predicted octanol–water partition coefficient (Wildman–Crippen LogP) is 4.47. The summed E-state index contributed by atoms with van der Waals surface area (Å²) < 4.78 is 5.78. The average molecular weight is 345 g/mol. The van der Waals surface area contributed by atoms with Crippen molar-refractivity contribution in [1.82, 2.24) is 4.90 Å².